The predicted molar refractivity (Wildman–Crippen MR) is 107 cm³/mol. The molecule has 0 saturated heterocycles. The fourth-order valence-electron chi connectivity index (χ4n) is 2.41. The van der Waals surface area contributed by atoms with Crippen LogP contribution in [0.2, 0.25) is 0 Å². The lowest BCUT2D eigenvalue weighted by Gasteiger charge is -2.08. The van der Waals surface area contributed by atoms with Gasteiger partial charge in [-0.25, -0.2) is 0 Å². The van der Waals surface area contributed by atoms with E-state index in [0.717, 1.165) is 5.69 Å². The average molecular weight is 377 g/mol. The van der Waals surface area contributed by atoms with Crippen LogP contribution < -0.4 is 20.7 Å². The van der Waals surface area contributed by atoms with E-state index in [1.54, 1.807) is 55.6 Å². The summed E-state index contributed by atoms with van der Waals surface area (Å²) < 4.78 is 5.12. The molecule has 2 aromatic carbocycles. The van der Waals surface area contributed by atoms with Crippen LogP contribution >= 0.6 is 0 Å². The number of carbonyl (C=O) groups is 2. The van der Waals surface area contributed by atoms with Crippen molar-refractivity contribution < 1.29 is 14.3 Å². The van der Waals surface area contributed by atoms with Gasteiger partial charge in [0.1, 0.15) is 5.75 Å². The van der Waals surface area contributed by atoms with Gasteiger partial charge in [-0.1, -0.05) is 6.07 Å². The van der Waals surface area contributed by atoms with Crippen LogP contribution in [-0.4, -0.2) is 29.1 Å². The Morgan fingerprint density at radius 1 is 0.857 bits per heavy atom. The lowest BCUT2D eigenvalue weighted by Crippen LogP contribution is -2.13. The summed E-state index contributed by atoms with van der Waals surface area (Å²) >= 11 is 0. The first kappa shape index (κ1) is 18.8. The van der Waals surface area contributed by atoms with Gasteiger partial charge in [0, 0.05) is 23.9 Å². The van der Waals surface area contributed by atoms with Gasteiger partial charge < -0.3 is 20.7 Å². The second kappa shape index (κ2) is 8.63. The van der Waals surface area contributed by atoms with Crippen molar-refractivity contribution in [2.75, 3.05) is 23.1 Å². The number of methoxy groups -OCH3 is 1. The van der Waals surface area contributed by atoms with Crippen LogP contribution in [0, 0.1) is 0 Å². The Bertz CT molecular complexity index is 972. The second-order valence-corrected chi connectivity index (χ2v) is 5.87. The molecule has 8 nitrogen and oxygen atoms in total. The first-order valence-electron chi connectivity index (χ1n) is 8.47. The number of carbonyl (C=O) groups excluding carboxylic acids is 2. The minimum absolute atomic E-state index is 0.127. The van der Waals surface area contributed by atoms with Crippen molar-refractivity contribution in [1.82, 2.24) is 10.2 Å². The fraction of sp³-hybridized carbons (Fsp3) is 0.100. The van der Waals surface area contributed by atoms with Gasteiger partial charge in [-0.15, -0.1) is 10.2 Å². The lowest BCUT2D eigenvalue weighted by molar-refractivity contribution is -0.114. The summed E-state index contributed by atoms with van der Waals surface area (Å²) in [5.74, 6) is 1.02. The minimum atomic E-state index is -0.303. The van der Waals surface area contributed by atoms with Gasteiger partial charge in [-0.05, 0) is 54.6 Å². The molecule has 0 spiro atoms. The molecule has 8 heteroatoms. The normalized spacial score (nSPS) is 10.1. The topological polar surface area (TPSA) is 105 Å². The molecule has 1 aromatic heterocycles. The van der Waals surface area contributed by atoms with E-state index in [1.807, 2.05) is 12.1 Å². The maximum Gasteiger partial charge on any atom is 0.256 e. The molecular formula is C20H19N5O3. The van der Waals surface area contributed by atoms with E-state index < -0.39 is 0 Å². The molecule has 3 aromatic rings. The van der Waals surface area contributed by atoms with Gasteiger partial charge in [0.15, 0.2) is 11.6 Å². The van der Waals surface area contributed by atoms with E-state index in [1.165, 1.54) is 6.92 Å². The number of nitrogens with zero attached hydrogens (tertiary/aromatic N) is 2. The smallest absolute Gasteiger partial charge is 0.256 e. The summed E-state index contributed by atoms with van der Waals surface area (Å²) in [5.41, 5.74) is 1.96. The summed E-state index contributed by atoms with van der Waals surface area (Å²) in [6.45, 7) is 1.45. The van der Waals surface area contributed by atoms with Crippen molar-refractivity contribution in [3.8, 4) is 5.75 Å². The molecule has 0 fully saturated rings. The maximum absolute atomic E-state index is 12.3. The molecule has 0 aliphatic heterocycles. The van der Waals surface area contributed by atoms with E-state index in [-0.39, 0.29) is 11.8 Å². The van der Waals surface area contributed by atoms with Gasteiger partial charge in [0.25, 0.3) is 5.91 Å². The Hall–Kier alpha value is -3.94. The summed E-state index contributed by atoms with van der Waals surface area (Å²) in [6.07, 6.45) is 0. The molecule has 0 aliphatic rings. The molecule has 0 aliphatic carbocycles. The molecule has 0 unspecified atom stereocenters. The largest absolute Gasteiger partial charge is 0.497 e. The molecule has 0 bridgehead atoms. The molecule has 2 amide bonds. The van der Waals surface area contributed by atoms with Crippen molar-refractivity contribution in [2.24, 2.45) is 0 Å². The summed E-state index contributed by atoms with van der Waals surface area (Å²) in [7, 11) is 1.54. The van der Waals surface area contributed by atoms with Gasteiger partial charge >= 0.3 is 0 Å². The van der Waals surface area contributed by atoms with E-state index in [0.29, 0.717) is 28.6 Å². The fourth-order valence-corrected chi connectivity index (χ4v) is 2.41. The van der Waals surface area contributed by atoms with Crippen LogP contribution in [0.5, 0.6) is 5.75 Å². The first-order chi connectivity index (χ1) is 13.5. The Balaban J connectivity index is 1.61. The van der Waals surface area contributed by atoms with Crippen LogP contribution in [0.4, 0.5) is 23.0 Å². The third kappa shape index (κ3) is 5.04. The number of nitrogens with one attached hydrogen (secondary N) is 3. The highest BCUT2D eigenvalue weighted by Crippen LogP contribution is 2.18. The number of hydrogen-bond acceptors (Lipinski definition) is 6. The third-order valence-electron chi connectivity index (χ3n) is 3.72. The van der Waals surface area contributed by atoms with E-state index in [2.05, 4.69) is 26.1 Å². The summed E-state index contributed by atoms with van der Waals surface area (Å²) in [4.78, 5) is 23.3. The van der Waals surface area contributed by atoms with E-state index in [4.69, 9.17) is 4.74 Å². The Kier molecular flexibility index (Phi) is 5.81. The molecule has 0 saturated carbocycles. The predicted octanol–water partition coefficient (Wildman–Crippen LogP) is 3.44. The van der Waals surface area contributed by atoms with Crippen molar-refractivity contribution in [2.45, 2.75) is 6.92 Å². The highest BCUT2D eigenvalue weighted by atomic mass is 16.5. The van der Waals surface area contributed by atoms with Crippen LogP contribution in [-0.2, 0) is 4.79 Å². The molecule has 1 heterocycles. The Morgan fingerprint density at radius 2 is 1.54 bits per heavy atom. The van der Waals surface area contributed by atoms with E-state index in [9.17, 15) is 9.59 Å². The molecule has 142 valence electrons. The average Bonchev–Trinajstić information content (AvgIpc) is 2.70. The van der Waals surface area contributed by atoms with Crippen molar-refractivity contribution >= 4 is 34.8 Å². The highest BCUT2D eigenvalue weighted by molar-refractivity contribution is 6.04. The zero-order valence-corrected chi connectivity index (χ0v) is 15.4. The lowest BCUT2D eigenvalue weighted by atomic mass is 10.2. The molecular weight excluding hydrogens is 358 g/mol. The quantitative estimate of drug-likeness (QED) is 0.608. The van der Waals surface area contributed by atoms with Crippen LogP contribution in [0.25, 0.3) is 0 Å². The van der Waals surface area contributed by atoms with Crippen molar-refractivity contribution in [1.29, 1.82) is 0 Å². The highest BCUT2D eigenvalue weighted by Gasteiger charge is 2.08. The molecule has 0 radical (unpaired) electrons. The van der Waals surface area contributed by atoms with Crippen LogP contribution in [0.3, 0.4) is 0 Å². The van der Waals surface area contributed by atoms with Crippen molar-refractivity contribution in [3.63, 3.8) is 0 Å². The summed E-state index contributed by atoms with van der Waals surface area (Å²) in [5, 5.41) is 16.5. The molecule has 28 heavy (non-hydrogen) atoms. The summed E-state index contributed by atoms with van der Waals surface area (Å²) in [6, 6.07) is 17.4. The molecule has 0 atom stereocenters. The van der Waals surface area contributed by atoms with Gasteiger partial charge in [-0.2, -0.15) is 0 Å². The number of aromatic nitrogens is 2. The van der Waals surface area contributed by atoms with Crippen LogP contribution in [0.15, 0.2) is 60.7 Å². The van der Waals surface area contributed by atoms with Gasteiger partial charge in [0.05, 0.1) is 7.11 Å². The van der Waals surface area contributed by atoms with Crippen molar-refractivity contribution in [3.05, 3.63) is 66.2 Å². The Labute approximate surface area is 161 Å². The molecule has 3 N–H and O–H groups in total. The van der Waals surface area contributed by atoms with Gasteiger partial charge in [-0.3, -0.25) is 9.59 Å². The maximum atomic E-state index is 12.3. The molecule has 3 rings (SSSR count). The second-order valence-electron chi connectivity index (χ2n) is 5.87. The minimum Gasteiger partial charge on any atom is -0.497 e. The van der Waals surface area contributed by atoms with Crippen LogP contribution in [0.1, 0.15) is 17.3 Å². The third-order valence-corrected chi connectivity index (χ3v) is 3.72. The SMILES string of the molecule is COc1cccc(C(=O)Nc2ccc(Nc3ccc(NC(C)=O)cc3)nn2)c1. The van der Waals surface area contributed by atoms with E-state index >= 15 is 0 Å². The number of ether oxygens (including phenoxy) is 1. The zero-order chi connectivity index (χ0) is 19.9. The Morgan fingerprint density at radius 3 is 2.18 bits per heavy atom. The zero-order valence-electron chi connectivity index (χ0n) is 15.4. The number of anilines is 4. The van der Waals surface area contributed by atoms with Gasteiger partial charge in [0.2, 0.25) is 5.91 Å². The first-order valence-corrected chi connectivity index (χ1v) is 8.47. The standard InChI is InChI=1S/C20H19N5O3/c1-13(26)21-15-6-8-16(9-7-15)22-18-10-11-19(25-24-18)23-20(27)14-4-3-5-17(12-14)28-2/h3-12H,1-2H3,(H,21,26)(H,22,24)(H,23,25,27). The number of amides is 2. The monoisotopic (exact) mass is 377 g/mol. The number of rotatable bonds is 6. The number of hydrogen-bond donors (Lipinski definition) is 3. The number of benzene rings is 2.